The highest BCUT2D eigenvalue weighted by Gasteiger charge is 2.16. The number of amides is 1. The number of hydrogen-bond donors (Lipinski definition) is 1. The highest BCUT2D eigenvalue weighted by atomic mass is 35.5. The zero-order valence-corrected chi connectivity index (χ0v) is 12.2. The maximum Gasteiger partial charge on any atom is 0.345 e. The summed E-state index contributed by atoms with van der Waals surface area (Å²) in [4.78, 5) is 25.1. The average molecular weight is 310 g/mol. The number of carbonyl (C=O) groups is 2. The van der Waals surface area contributed by atoms with Crippen LogP contribution in [-0.2, 0) is 6.54 Å². The van der Waals surface area contributed by atoms with Crippen LogP contribution in [0.3, 0.4) is 0 Å². The lowest BCUT2D eigenvalue weighted by Gasteiger charge is -2.16. The van der Waals surface area contributed by atoms with E-state index in [2.05, 4.69) is 0 Å². The monoisotopic (exact) mass is 309 g/mol. The van der Waals surface area contributed by atoms with E-state index in [1.165, 1.54) is 17.0 Å². The highest BCUT2D eigenvalue weighted by molar-refractivity contribution is 7.15. The molecule has 6 heteroatoms. The molecule has 0 aliphatic carbocycles. The number of nitrogens with zero attached hydrogens (tertiary/aromatic N) is 1. The fraction of sp³-hybridized carbons (Fsp3) is 0.143. The summed E-state index contributed by atoms with van der Waals surface area (Å²) in [6.45, 7) is 0.416. The molecule has 1 amide bonds. The predicted molar refractivity (Wildman–Crippen MR) is 78.5 cm³/mol. The summed E-state index contributed by atoms with van der Waals surface area (Å²) >= 11 is 6.87. The maximum atomic E-state index is 12.2. The van der Waals surface area contributed by atoms with Crippen LogP contribution in [0.15, 0.2) is 36.4 Å². The first kappa shape index (κ1) is 14.6. The number of carboxylic acids is 1. The summed E-state index contributed by atoms with van der Waals surface area (Å²) in [5.41, 5.74) is 0.920. The zero-order chi connectivity index (χ0) is 14.7. The Balaban J connectivity index is 2.10. The van der Waals surface area contributed by atoms with Gasteiger partial charge in [0.15, 0.2) is 0 Å². The molecule has 0 atom stereocenters. The van der Waals surface area contributed by atoms with Crippen LogP contribution >= 0.6 is 22.9 Å². The van der Waals surface area contributed by atoms with E-state index in [-0.39, 0.29) is 10.8 Å². The van der Waals surface area contributed by atoms with Gasteiger partial charge in [-0.05, 0) is 29.8 Å². The number of carbonyl (C=O) groups excluding carboxylic acids is 1. The van der Waals surface area contributed by atoms with Crippen LogP contribution in [0.25, 0.3) is 0 Å². The van der Waals surface area contributed by atoms with Crippen molar-refractivity contribution in [3.63, 3.8) is 0 Å². The molecule has 1 aromatic carbocycles. The Bertz CT molecular complexity index is 653. The van der Waals surface area contributed by atoms with Crippen LogP contribution in [-0.4, -0.2) is 28.9 Å². The van der Waals surface area contributed by atoms with Crippen molar-refractivity contribution in [3.8, 4) is 0 Å². The van der Waals surface area contributed by atoms with Crippen LogP contribution < -0.4 is 0 Å². The van der Waals surface area contributed by atoms with E-state index in [4.69, 9.17) is 16.7 Å². The molecule has 0 aliphatic heterocycles. The minimum atomic E-state index is -1.02. The Morgan fingerprint density at radius 2 is 1.95 bits per heavy atom. The molecule has 0 unspecified atom stereocenters. The van der Waals surface area contributed by atoms with E-state index in [0.717, 1.165) is 16.9 Å². The van der Waals surface area contributed by atoms with E-state index >= 15 is 0 Å². The Hall–Kier alpha value is -1.85. The molecule has 104 valence electrons. The van der Waals surface area contributed by atoms with Crippen molar-refractivity contribution in [2.75, 3.05) is 7.05 Å². The van der Waals surface area contributed by atoms with Crippen molar-refractivity contribution in [1.82, 2.24) is 4.90 Å². The molecule has 0 saturated heterocycles. The van der Waals surface area contributed by atoms with Gasteiger partial charge in [0.1, 0.15) is 4.88 Å². The molecule has 2 aromatic rings. The van der Waals surface area contributed by atoms with Gasteiger partial charge in [-0.1, -0.05) is 23.7 Å². The van der Waals surface area contributed by atoms with Crippen molar-refractivity contribution in [3.05, 3.63) is 56.7 Å². The number of hydrogen-bond acceptors (Lipinski definition) is 3. The molecular weight excluding hydrogens is 298 g/mol. The molecule has 0 radical (unpaired) electrons. The topological polar surface area (TPSA) is 57.6 Å². The largest absolute Gasteiger partial charge is 0.477 e. The molecule has 1 aromatic heterocycles. The summed E-state index contributed by atoms with van der Waals surface area (Å²) in [6.07, 6.45) is 0. The fourth-order valence-corrected chi connectivity index (χ4v) is 2.79. The Kier molecular flexibility index (Phi) is 4.42. The smallest absolute Gasteiger partial charge is 0.345 e. The molecule has 0 fully saturated rings. The summed E-state index contributed by atoms with van der Waals surface area (Å²) < 4.78 is 0. The molecule has 0 bridgehead atoms. The van der Waals surface area contributed by atoms with Crippen LogP contribution in [0.4, 0.5) is 0 Å². The van der Waals surface area contributed by atoms with Crippen molar-refractivity contribution in [2.24, 2.45) is 0 Å². The maximum absolute atomic E-state index is 12.2. The first-order chi connectivity index (χ1) is 9.47. The number of thiophene rings is 1. The van der Waals surface area contributed by atoms with Crippen molar-refractivity contribution < 1.29 is 14.7 Å². The summed E-state index contributed by atoms with van der Waals surface area (Å²) in [6, 6.07) is 10.2. The summed E-state index contributed by atoms with van der Waals surface area (Å²) in [5, 5.41) is 9.47. The standard InChI is InChI=1S/C14H12ClNO3S/c1-16(8-9-3-2-4-10(15)7-9)13(17)11-5-6-12(20-11)14(18)19/h2-7H,8H2,1H3,(H,18,19). The van der Waals surface area contributed by atoms with E-state index in [9.17, 15) is 9.59 Å². The third-order valence-electron chi connectivity index (χ3n) is 2.68. The number of rotatable bonds is 4. The lowest BCUT2D eigenvalue weighted by atomic mass is 10.2. The molecule has 0 spiro atoms. The van der Waals surface area contributed by atoms with Crippen LogP contribution in [0.2, 0.25) is 5.02 Å². The molecule has 2 rings (SSSR count). The third-order valence-corrected chi connectivity index (χ3v) is 3.98. The van der Waals surface area contributed by atoms with Gasteiger partial charge in [-0.2, -0.15) is 0 Å². The minimum absolute atomic E-state index is 0.157. The Labute approximate surface area is 125 Å². The zero-order valence-electron chi connectivity index (χ0n) is 10.7. The Morgan fingerprint density at radius 1 is 1.25 bits per heavy atom. The van der Waals surface area contributed by atoms with Crippen LogP contribution in [0.5, 0.6) is 0 Å². The quantitative estimate of drug-likeness (QED) is 0.942. The van der Waals surface area contributed by atoms with E-state index in [1.807, 2.05) is 12.1 Å². The molecular formula is C14H12ClNO3S. The van der Waals surface area contributed by atoms with Crippen LogP contribution in [0.1, 0.15) is 24.9 Å². The molecule has 4 nitrogen and oxygen atoms in total. The number of halogens is 1. The second-order valence-electron chi connectivity index (χ2n) is 4.26. The van der Waals surface area contributed by atoms with Gasteiger partial charge in [0.05, 0.1) is 4.88 Å². The third kappa shape index (κ3) is 3.37. The van der Waals surface area contributed by atoms with Crippen molar-refractivity contribution in [2.45, 2.75) is 6.54 Å². The SMILES string of the molecule is CN(Cc1cccc(Cl)c1)C(=O)c1ccc(C(=O)O)s1. The predicted octanol–water partition coefficient (Wildman–Crippen LogP) is 3.37. The van der Waals surface area contributed by atoms with Gasteiger partial charge in [0.25, 0.3) is 5.91 Å². The number of carboxylic acid groups (broad SMARTS) is 1. The van der Waals surface area contributed by atoms with Gasteiger partial charge in [0.2, 0.25) is 0 Å². The van der Waals surface area contributed by atoms with E-state index in [0.29, 0.717) is 16.4 Å². The minimum Gasteiger partial charge on any atom is -0.477 e. The highest BCUT2D eigenvalue weighted by Crippen LogP contribution is 2.19. The lowest BCUT2D eigenvalue weighted by molar-refractivity contribution is 0.0701. The van der Waals surface area contributed by atoms with Gasteiger partial charge in [-0.3, -0.25) is 4.79 Å². The molecule has 20 heavy (non-hydrogen) atoms. The van der Waals surface area contributed by atoms with E-state index in [1.54, 1.807) is 19.2 Å². The van der Waals surface area contributed by atoms with E-state index < -0.39 is 5.97 Å². The first-order valence-corrected chi connectivity index (χ1v) is 7.00. The second-order valence-corrected chi connectivity index (χ2v) is 5.78. The normalized spacial score (nSPS) is 10.3. The molecule has 1 N–H and O–H groups in total. The molecule has 0 aliphatic rings. The Morgan fingerprint density at radius 3 is 2.55 bits per heavy atom. The van der Waals surface area contributed by atoms with Gasteiger partial charge < -0.3 is 10.0 Å². The first-order valence-electron chi connectivity index (χ1n) is 5.80. The molecule has 0 saturated carbocycles. The van der Waals surface area contributed by atoms with Crippen molar-refractivity contribution in [1.29, 1.82) is 0 Å². The average Bonchev–Trinajstić information content (AvgIpc) is 2.87. The number of benzene rings is 1. The van der Waals surface area contributed by atoms with Crippen LogP contribution in [0, 0.1) is 0 Å². The van der Waals surface area contributed by atoms with Gasteiger partial charge in [0, 0.05) is 18.6 Å². The van der Waals surface area contributed by atoms with Gasteiger partial charge in [-0.25, -0.2) is 4.79 Å². The fourth-order valence-electron chi connectivity index (χ4n) is 1.74. The molecule has 1 heterocycles. The number of aromatic carboxylic acids is 1. The van der Waals surface area contributed by atoms with Gasteiger partial charge in [-0.15, -0.1) is 11.3 Å². The van der Waals surface area contributed by atoms with Gasteiger partial charge >= 0.3 is 5.97 Å². The second kappa shape index (κ2) is 6.07. The summed E-state index contributed by atoms with van der Waals surface area (Å²) in [5.74, 6) is -1.23. The lowest BCUT2D eigenvalue weighted by Crippen LogP contribution is -2.25. The summed E-state index contributed by atoms with van der Waals surface area (Å²) in [7, 11) is 1.67. The van der Waals surface area contributed by atoms with Crippen molar-refractivity contribution >= 4 is 34.8 Å².